The summed E-state index contributed by atoms with van der Waals surface area (Å²) in [6, 6.07) is 18.2. The Morgan fingerprint density at radius 3 is 2.42 bits per heavy atom. The van der Waals surface area contributed by atoms with Gasteiger partial charge in [0.1, 0.15) is 12.4 Å². The Kier molecular flexibility index (Phi) is 5.62. The molecule has 0 radical (unpaired) electrons. The van der Waals surface area contributed by atoms with Crippen LogP contribution in [0.25, 0.3) is 21.8 Å². The van der Waals surface area contributed by atoms with Crippen molar-refractivity contribution >= 4 is 39.3 Å². The first-order chi connectivity index (χ1) is 15.0. The summed E-state index contributed by atoms with van der Waals surface area (Å²) >= 11 is 0. The first-order valence-electron chi connectivity index (χ1n) is 10.1. The van der Waals surface area contributed by atoms with Gasteiger partial charge >= 0.3 is 6.09 Å². The number of alkyl carbamates (subject to hydrolysis) is 1. The summed E-state index contributed by atoms with van der Waals surface area (Å²) in [6.45, 7) is 4.33. The van der Waals surface area contributed by atoms with E-state index in [0.717, 1.165) is 50.1 Å². The van der Waals surface area contributed by atoms with E-state index in [4.69, 9.17) is 14.5 Å². The third-order valence-electron chi connectivity index (χ3n) is 5.24. The molecule has 0 saturated carbocycles. The van der Waals surface area contributed by atoms with Crippen LogP contribution < -0.4 is 15.4 Å². The van der Waals surface area contributed by atoms with E-state index < -0.39 is 6.09 Å². The molecule has 1 heterocycles. The second-order valence-corrected chi connectivity index (χ2v) is 7.49. The van der Waals surface area contributed by atoms with Crippen LogP contribution in [0.4, 0.5) is 16.2 Å². The molecule has 0 atom stereocenters. The van der Waals surface area contributed by atoms with Crippen molar-refractivity contribution in [3.05, 3.63) is 71.3 Å². The van der Waals surface area contributed by atoms with Crippen LogP contribution >= 0.6 is 0 Å². The van der Waals surface area contributed by atoms with E-state index in [-0.39, 0.29) is 6.61 Å². The van der Waals surface area contributed by atoms with Gasteiger partial charge in [0.15, 0.2) is 0 Å². The molecule has 1 aromatic heterocycles. The van der Waals surface area contributed by atoms with Crippen molar-refractivity contribution in [2.75, 3.05) is 19.5 Å². The summed E-state index contributed by atoms with van der Waals surface area (Å²) in [4.78, 5) is 16.1. The van der Waals surface area contributed by atoms with Gasteiger partial charge in [-0.15, -0.1) is 0 Å². The zero-order valence-corrected chi connectivity index (χ0v) is 18.1. The second kappa shape index (κ2) is 8.52. The minimum atomic E-state index is -0.446. The van der Waals surface area contributed by atoms with Gasteiger partial charge in [-0.1, -0.05) is 23.8 Å². The Morgan fingerprint density at radius 1 is 0.968 bits per heavy atom. The summed E-state index contributed by atoms with van der Waals surface area (Å²) in [6.07, 6.45) is -0.446. The minimum Gasteiger partial charge on any atom is -0.496 e. The number of carbonyl (C=O) groups is 1. The third kappa shape index (κ3) is 4.23. The highest BCUT2D eigenvalue weighted by Crippen LogP contribution is 2.36. The average Bonchev–Trinajstić information content (AvgIpc) is 2.78. The molecule has 0 bridgehead atoms. The molecule has 0 aliphatic rings. The maximum Gasteiger partial charge on any atom is 0.407 e. The van der Waals surface area contributed by atoms with E-state index in [0.29, 0.717) is 0 Å². The van der Waals surface area contributed by atoms with Crippen molar-refractivity contribution < 1.29 is 14.3 Å². The highest BCUT2D eigenvalue weighted by Gasteiger charge is 2.13. The standard InChI is InChI=1S/C25H25N3O3/c1-15-5-10-21-19(11-15)24(20-12-16(2)23(30-4)13-22(20)28-21)27-18-8-6-17(7-9-18)14-31-25(29)26-3/h5-13H,14H2,1-4H3,(H,26,29)(H,27,28). The van der Waals surface area contributed by atoms with Crippen LogP contribution in [-0.2, 0) is 11.3 Å². The van der Waals surface area contributed by atoms with Crippen molar-refractivity contribution in [1.29, 1.82) is 0 Å². The highest BCUT2D eigenvalue weighted by atomic mass is 16.5. The van der Waals surface area contributed by atoms with E-state index in [1.54, 1.807) is 7.11 Å². The summed E-state index contributed by atoms with van der Waals surface area (Å²) in [5.74, 6) is 0.817. The van der Waals surface area contributed by atoms with Crippen molar-refractivity contribution in [3.63, 3.8) is 0 Å². The molecule has 31 heavy (non-hydrogen) atoms. The fourth-order valence-corrected chi connectivity index (χ4v) is 3.60. The van der Waals surface area contributed by atoms with Crippen molar-refractivity contribution in [2.45, 2.75) is 20.5 Å². The Hall–Kier alpha value is -3.80. The van der Waals surface area contributed by atoms with Gasteiger partial charge in [0.2, 0.25) is 0 Å². The number of amides is 1. The number of aromatic nitrogens is 1. The van der Waals surface area contributed by atoms with Gasteiger partial charge in [-0.05, 0) is 55.3 Å². The van der Waals surface area contributed by atoms with E-state index >= 15 is 0 Å². The van der Waals surface area contributed by atoms with Crippen LogP contribution in [0.1, 0.15) is 16.7 Å². The van der Waals surface area contributed by atoms with Crippen LogP contribution in [0.5, 0.6) is 5.75 Å². The molecule has 0 aliphatic heterocycles. The fourth-order valence-electron chi connectivity index (χ4n) is 3.60. The number of ether oxygens (including phenoxy) is 2. The van der Waals surface area contributed by atoms with E-state index in [1.807, 2.05) is 43.3 Å². The topological polar surface area (TPSA) is 72.5 Å². The van der Waals surface area contributed by atoms with Gasteiger partial charge in [0.25, 0.3) is 0 Å². The number of fused-ring (bicyclic) bond motifs is 2. The Morgan fingerprint density at radius 2 is 1.71 bits per heavy atom. The van der Waals surface area contributed by atoms with Gasteiger partial charge in [-0.2, -0.15) is 0 Å². The zero-order valence-electron chi connectivity index (χ0n) is 18.1. The van der Waals surface area contributed by atoms with Gasteiger partial charge in [0.05, 0.1) is 23.8 Å². The number of methoxy groups -OCH3 is 1. The molecule has 0 fully saturated rings. The fraction of sp³-hybridized carbons (Fsp3) is 0.200. The number of rotatable bonds is 5. The van der Waals surface area contributed by atoms with Crippen LogP contribution in [0.15, 0.2) is 54.6 Å². The molecule has 0 aliphatic carbocycles. The molecular formula is C25H25N3O3. The summed E-state index contributed by atoms with van der Waals surface area (Å²) in [5, 5.41) is 8.12. The van der Waals surface area contributed by atoms with E-state index in [9.17, 15) is 4.79 Å². The molecule has 6 nitrogen and oxygen atoms in total. The Bertz CT molecular complexity index is 1270. The van der Waals surface area contributed by atoms with E-state index in [1.165, 1.54) is 12.6 Å². The smallest absolute Gasteiger partial charge is 0.407 e. The maximum atomic E-state index is 11.3. The third-order valence-corrected chi connectivity index (χ3v) is 5.24. The summed E-state index contributed by atoms with van der Waals surface area (Å²) < 4.78 is 10.6. The number of hydrogen-bond acceptors (Lipinski definition) is 5. The first-order valence-corrected chi connectivity index (χ1v) is 10.1. The van der Waals surface area contributed by atoms with Gasteiger partial charge in [0, 0.05) is 29.6 Å². The van der Waals surface area contributed by atoms with E-state index in [2.05, 4.69) is 35.8 Å². The molecule has 3 aromatic carbocycles. The highest BCUT2D eigenvalue weighted by molar-refractivity contribution is 6.09. The molecular weight excluding hydrogens is 390 g/mol. The Labute approximate surface area is 181 Å². The van der Waals surface area contributed by atoms with Crippen LogP contribution in [0, 0.1) is 13.8 Å². The minimum absolute atomic E-state index is 0.221. The maximum absolute atomic E-state index is 11.3. The lowest BCUT2D eigenvalue weighted by atomic mass is 10.0. The molecule has 0 saturated heterocycles. The lowest BCUT2D eigenvalue weighted by Gasteiger charge is -2.16. The quantitative estimate of drug-likeness (QED) is 0.414. The average molecular weight is 415 g/mol. The van der Waals surface area contributed by atoms with Crippen LogP contribution in [-0.4, -0.2) is 25.2 Å². The number of aryl methyl sites for hydroxylation is 2. The second-order valence-electron chi connectivity index (χ2n) is 7.49. The van der Waals surface area contributed by atoms with Gasteiger partial charge in [-0.3, -0.25) is 0 Å². The van der Waals surface area contributed by atoms with Crippen molar-refractivity contribution in [2.24, 2.45) is 0 Å². The zero-order chi connectivity index (χ0) is 22.0. The first kappa shape index (κ1) is 20.5. The molecule has 158 valence electrons. The monoisotopic (exact) mass is 415 g/mol. The number of hydrogen-bond donors (Lipinski definition) is 2. The molecule has 0 unspecified atom stereocenters. The predicted octanol–water partition coefficient (Wildman–Crippen LogP) is 5.61. The van der Waals surface area contributed by atoms with Crippen molar-refractivity contribution in [3.8, 4) is 5.75 Å². The summed E-state index contributed by atoms with van der Waals surface area (Å²) in [7, 11) is 3.21. The number of anilines is 2. The number of nitrogens with one attached hydrogen (secondary N) is 2. The lowest BCUT2D eigenvalue weighted by molar-refractivity contribution is 0.142. The van der Waals surface area contributed by atoms with Crippen molar-refractivity contribution in [1.82, 2.24) is 10.3 Å². The normalized spacial score (nSPS) is 10.8. The van der Waals surface area contributed by atoms with Gasteiger partial charge < -0.3 is 20.1 Å². The SMILES string of the molecule is CNC(=O)OCc1ccc(Nc2c3cc(C)ccc3nc3cc(OC)c(C)cc23)cc1. The summed E-state index contributed by atoms with van der Waals surface area (Å²) in [5.41, 5.74) is 6.86. The molecule has 1 amide bonds. The number of pyridine rings is 1. The van der Waals surface area contributed by atoms with Gasteiger partial charge in [-0.25, -0.2) is 9.78 Å². The number of carbonyl (C=O) groups excluding carboxylic acids is 1. The molecule has 4 aromatic rings. The Balaban J connectivity index is 1.76. The predicted molar refractivity (Wildman–Crippen MR) is 124 cm³/mol. The lowest BCUT2D eigenvalue weighted by Crippen LogP contribution is -2.18. The van der Waals surface area contributed by atoms with Crippen LogP contribution in [0.3, 0.4) is 0 Å². The van der Waals surface area contributed by atoms with Crippen LogP contribution in [0.2, 0.25) is 0 Å². The molecule has 2 N–H and O–H groups in total. The number of nitrogens with zero attached hydrogens (tertiary/aromatic N) is 1. The molecule has 0 spiro atoms. The molecule has 4 rings (SSSR count). The largest absolute Gasteiger partial charge is 0.496 e. The molecule has 6 heteroatoms. The number of benzene rings is 3.